The summed E-state index contributed by atoms with van der Waals surface area (Å²) in [7, 11) is 4.16. The largest absolute Gasteiger partial charge is 0.378 e. The molecule has 3 heteroatoms. The van der Waals surface area contributed by atoms with E-state index in [2.05, 4.69) is 60.4 Å². The molecular weight excluding hydrogens is 258 g/mol. The third kappa shape index (κ3) is 5.33. The molecule has 0 aliphatic carbocycles. The van der Waals surface area contributed by atoms with Gasteiger partial charge in [0, 0.05) is 38.9 Å². The van der Waals surface area contributed by atoms with Gasteiger partial charge in [-0.15, -0.1) is 0 Å². The summed E-state index contributed by atoms with van der Waals surface area (Å²) < 4.78 is 0. The zero-order valence-corrected chi connectivity index (χ0v) is 13.9. The van der Waals surface area contributed by atoms with E-state index in [1.807, 2.05) is 0 Å². The van der Waals surface area contributed by atoms with Gasteiger partial charge in [-0.3, -0.25) is 0 Å². The molecule has 3 nitrogen and oxygen atoms in total. The number of rotatable bonds is 6. The topological polar surface area (TPSA) is 18.5 Å². The van der Waals surface area contributed by atoms with Crippen molar-refractivity contribution >= 4 is 5.69 Å². The van der Waals surface area contributed by atoms with Crippen LogP contribution in [0.2, 0.25) is 0 Å². The Morgan fingerprint density at radius 1 is 1.05 bits per heavy atom. The average molecular weight is 289 g/mol. The minimum absolute atomic E-state index is 0.424. The summed E-state index contributed by atoms with van der Waals surface area (Å²) in [5.41, 5.74) is 2.63. The number of likely N-dealkylation sites (tertiary alicyclic amines) is 1. The van der Waals surface area contributed by atoms with Gasteiger partial charge >= 0.3 is 0 Å². The minimum Gasteiger partial charge on any atom is -0.378 e. The molecule has 1 atom stereocenters. The monoisotopic (exact) mass is 289 g/mol. The highest BCUT2D eigenvalue weighted by atomic mass is 15.1. The molecule has 1 aromatic carbocycles. The van der Waals surface area contributed by atoms with Crippen molar-refractivity contribution in [3.05, 3.63) is 29.8 Å². The Labute approximate surface area is 130 Å². The lowest BCUT2D eigenvalue weighted by Crippen LogP contribution is -2.33. The first-order valence-corrected chi connectivity index (χ1v) is 8.40. The summed E-state index contributed by atoms with van der Waals surface area (Å²) in [6, 6.07) is 9.29. The van der Waals surface area contributed by atoms with Crippen LogP contribution in [0.3, 0.4) is 0 Å². The lowest BCUT2D eigenvalue weighted by atomic mass is 10.1. The van der Waals surface area contributed by atoms with E-state index in [0.29, 0.717) is 6.04 Å². The van der Waals surface area contributed by atoms with E-state index in [1.54, 1.807) is 0 Å². The molecule has 1 saturated heterocycles. The van der Waals surface area contributed by atoms with E-state index in [9.17, 15) is 0 Å². The number of hydrogen-bond donors (Lipinski definition) is 1. The van der Waals surface area contributed by atoms with Gasteiger partial charge in [0.25, 0.3) is 0 Å². The minimum atomic E-state index is 0.424. The van der Waals surface area contributed by atoms with Crippen LogP contribution in [0, 0.1) is 0 Å². The molecule has 1 unspecified atom stereocenters. The molecule has 0 amide bonds. The van der Waals surface area contributed by atoms with Crippen molar-refractivity contribution in [2.45, 2.75) is 38.6 Å². The Balaban J connectivity index is 1.74. The summed E-state index contributed by atoms with van der Waals surface area (Å²) in [6.07, 6.45) is 5.58. The molecule has 0 bridgehead atoms. The molecule has 2 rings (SSSR count). The first-order chi connectivity index (χ1) is 10.2. The van der Waals surface area contributed by atoms with Gasteiger partial charge in [-0.2, -0.15) is 0 Å². The van der Waals surface area contributed by atoms with Crippen LogP contribution in [0.4, 0.5) is 5.69 Å². The maximum absolute atomic E-state index is 3.66. The Kier molecular flexibility index (Phi) is 6.52. The third-order valence-corrected chi connectivity index (χ3v) is 4.49. The molecule has 0 spiro atoms. The number of hydrogen-bond acceptors (Lipinski definition) is 3. The van der Waals surface area contributed by atoms with Gasteiger partial charge in [-0.25, -0.2) is 0 Å². The van der Waals surface area contributed by atoms with Crippen LogP contribution in [0.15, 0.2) is 24.3 Å². The summed E-state index contributed by atoms with van der Waals surface area (Å²) in [4.78, 5) is 4.75. The second-order valence-corrected chi connectivity index (χ2v) is 6.42. The highest BCUT2D eigenvalue weighted by molar-refractivity contribution is 5.46. The van der Waals surface area contributed by atoms with Gasteiger partial charge in [0.2, 0.25) is 0 Å². The fraction of sp³-hybridized carbons (Fsp3) is 0.667. The van der Waals surface area contributed by atoms with E-state index in [0.717, 1.165) is 6.54 Å². The highest BCUT2D eigenvalue weighted by Gasteiger charge is 2.10. The Morgan fingerprint density at radius 3 is 2.24 bits per heavy atom. The molecule has 1 N–H and O–H groups in total. The maximum atomic E-state index is 3.66. The first kappa shape index (κ1) is 16.3. The molecule has 0 aromatic heterocycles. The number of anilines is 1. The molecule has 1 heterocycles. The van der Waals surface area contributed by atoms with Gasteiger partial charge in [0.15, 0.2) is 0 Å². The summed E-state index contributed by atoms with van der Waals surface area (Å²) in [5, 5.41) is 3.66. The van der Waals surface area contributed by atoms with Crippen LogP contribution < -0.4 is 10.2 Å². The predicted octanol–water partition coefficient (Wildman–Crippen LogP) is 3.28. The standard InChI is InChI=1S/C18H31N3/c1-16(17-8-10-18(11-9-17)20(2)3)19-12-15-21-13-6-4-5-7-14-21/h8-11,16,19H,4-7,12-15H2,1-3H3. The van der Waals surface area contributed by atoms with Gasteiger partial charge in [0.1, 0.15) is 0 Å². The van der Waals surface area contributed by atoms with Crippen LogP contribution in [-0.2, 0) is 0 Å². The van der Waals surface area contributed by atoms with E-state index in [4.69, 9.17) is 0 Å². The molecule has 1 fully saturated rings. The van der Waals surface area contributed by atoms with Crippen molar-refractivity contribution in [1.82, 2.24) is 10.2 Å². The van der Waals surface area contributed by atoms with Gasteiger partial charge in [0.05, 0.1) is 0 Å². The second kappa shape index (κ2) is 8.40. The van der Waals surface area contributed by atoms with Crippen LogP contribution in [0.5, 0.6) is 0 Å². The predicted molar refractivity (Wildman–Crippen MR) is 92.1 cm³/mol. The van der Waals surface area contributed by atoms with E-state index < -0.39 is 0 Å². The maximum Gasteiger partial charge on any atom is 0.0361 e. The number of nitrogens with one attached hydrogen (secondary N) is 1. The highest BCUT2D eigenvalue weighted by Crippen LogP contribution is 2.17. The average Bonchev–Trinajstić information content (AvgIpc) is 2.76. The van der Waals surface area contributed by atoms with Gasteiger partial charge < -0.3 is 15.1 Å². The number of nitrogens with zero attached hydrogens (tertiary/aromatic N) is 2. The van der Waals surface area contributed by atoms with E-state index >= 15 is 0 Å². The Hall–Kier alpha value is -1.06. The summed E-state index contributed by atoms with van der Waals surface area (Å²) >= 11 is 0. The van der Waals surface area contributed by atoms with E-state index in [1.165, 1.54) is 56.6 Å². The van der Waals surface area contributed by atoms with E-state index in [-0.39, 0.29) is 0 Å². The third-order valence-electron chi connectivity index (χ3n) is 4.49. The molecule has 1 aliphatic heterocycles. The molecule has 1 aromatic rings. The lowest BCUT2D eigenvalue weighted by Gasteiger charge is -2.22. The summed E-state index contributed by atoms with van der Waals surface area (Å²) in [5.74, 6) is 0. The van der Waals surface area contributed by atoms with Crippen molar-refractivity contribution < 1.29 is 0 Å². The van der Waals surface area contributed by atoms with Crippen LogP contribution >= 0.6 is 0 Å². The van der Waals surface area contributed by atoms with Crippen molar-refractivity contribution in [2.24, 2.45) is 0 Å². The first-order valence-electron chi connectivity index (χ1n) is 8.40. The summed E-state index contributed by atoms with van der Waals surface area (Å²) in [6.45, 7) is 7.09. The number of benzene rings is 1. The fourth-order valence-electron chi connectivity index (χ4n) is 2.98. The molecule has 0 radical (unpaired) electrons. The lowest BCUT2D eigenvalue weighted by molar-refractivity contribution is 0.280. The zero-order chi connectivity index (χ0) is 15.1. The molecule has 0 saturated carbocycles. The zero-order valence-electron chi connectivity index (χ0n) is 13.9. The van der Waals surface area contributed by atoms with Crippen LogP contribution in [0.25, 0.3) is 0 Å². The van der Waals surface area contributed by atoms with Crippen molar-refractivity contribution in [1.29, 1.82) is 0 Å². The van der Waals surface area contributed by atoms with Crippen LogP contribution in [-0.4, -0.2) is 45.2 Å². The van der Waals surface area contributed by atoms with Crippen molar-refractivity contribution in [3.8, 4) is 0 Å². The SMILES string of the molecule is CC(NCCN1CCCCCC1)c1ccc(N(C)C)cc1. The molecule has 1 aliphatic rings. The molecule has 118 valence electrons. The Morgan fingerprint density at radius 2 is 1.67 bits per heavy atom. The fourth-order valence-corrected chi connectivity index (χ4v) is 2.98. The molecular formula is C18H31N3. The Bertz CT molecular complexity index is 391. The van der Waals surface area contributed by atoms with Gasteiger partial charge in [-0.05, 0) is 50.6 Å². The van der Waals surface area contributed by atoms with Crippen molar-refractivity contribution in [3.63, 3.8) is 0 Å². The van der Waals surface area contributed by atoms with Crippen LogP contribution in [0.1, 0.15) is 44.2 Å². The smallest absolute Gasteiger partial charge is 0.0361 e. The molecule has 21 heavy (non-hydrogen) atoms. The van der Waals surface area contributed by atoms with Crippen molar-refractivity contribution in [2.75, 3.05) is 45.2 Å². The second-order valence-electron chi connectivity index (χ2n) is 6.42. The normalized spacial score (nSPS) is 18.2. The quantitative estimate of drug-likeness (QED) is 0.867. The van der Waals surface area contributed by atoms with Gasteiger partial charge in [-0.1, -0.05) is 25.0 Å².